The minimum atomic E-state index is -0.110. The first-order valence-electron chi connectivity index (χ1n) is 10.5. The van der Waals surface area contributed by atoms with E-state index in [0.29, 0.717) is 36.9 Å². The summed E-state index contributed by atoms with van der Waals surface area (Å²) in [5.41, 5.74) is 4.66. The van der Waals surface area contributed by atoms with Gasteiger partial charge in [0.2, 0.25) is 6.79 Å². The maximum absolute atomic E-state index is 12.9. The third kappa shape index (κ3) is 4.71. The molecule has 2 N–H and O–H groups in total. The molecule has 4 rings (SSSR count). The molecule has 8 heteroatoms. The molecule has 0 amide bonds. The summed E-state index contributed by atoms with van der Waals surface area (Å²) < 4.78 is 16.0. The molecule has 1 aliphatic rings. The van der Waals surface area contributed by atoms with Gasteiger partial charge in [-0.15, -0.1) is 0 Å². The Bertz CT molecular complexity index is 1210. The Morgan fingerprint density at radius 1 is 1.16 bits per heavy atom. The molecular formula is C24H27N3O4S. The van der Waals surface area contributed by atoms with Gasteiger partial charge in [0, 0.05) is 25.8 Å². The fourth-order valence-corrected chi connectivity index (χ4v) is 3.96. The van der Waals surface area contributed by atoms with E-state index < -0.39 is 0 Å². The topological polar surface area (TPSA) is 75.8 Å². The van der Waals surface area contributed by atoms with Crippen molar-refractivity contribution in [1.29, 1.82) is 0 Å². The number of hydrogen-bond acceptors (Lipinski definition) is 5. The van der Waals surface area contributed by atoms with E-state index in [2.05, 4.69) is 16.4 Å². The second-order valence-electron chi connectivity index (χ2n) is 7.86. The van der Waals surface area contributed by atoms with Crippen molar-refractivity contribution < 1.29 is 14.2 Å². The number of H-pyrrole nitrogens is 1. The lowest BCUT2D eigenvalue weighted by Gasteiger charge is -2.26. The van der Waals surface area contributed by atoms with Crippen LogP contribution in [-0.2, 0) is 17.8 Å². The Hall–Kier alpha value is -3.10. The highest BCUT2D eigenvalue weighted by molar-refractivity contribution is 7.80. The molecule has 3 aromatic rings. The quantitative estimate of drug-likeness (QED) is 0.419. The molecule has 32 heavy (non-hydrogen) atoms. The summed E-state index contributed by atoms with van der Waals surface area (Å²) >= 11 is 5.65. The average molecular weight is 454 g/mol. The van der Waals surface area contributed by atoms with Gasteiger partial charge >= 0.3 is 0 Å². The van der Waals surface area contributed by atoms with Crippen LogP contribution >= 0.6 is 12.2 Å². The second kappa shape index (κ2) is 9.58. The van der Waals surface area contributed by atoms with Crippen LogP contribution in [0.5, 0.6) is 11.5 Å². The van der Waals surface area contributed by atoms with E-state index in [1.807, 2.05) is 49.1 Å². The Morgan fingerprint density at radius 3 is 2.78 bits per heavy atom. The van der Waals surface area contributed by atoms with Crippen LogP contribution in [0.1, 0.15) is 22.3 Å². The zero-order chi connectivity index (χ0) is 22.7. The van der Waals surface area contributed by atoms with Crippen molar-refractivity contribution in [2.75, 3.05) is 27.1 Å². The highest BCUT2D eigenvalue weighted by Gasteiger charge is 2.18. The number of fused-ring (bicyclic) bond motifs is 2. The minimum Gasteiger partial charge on any atom is -0.454 e. The molecule has 0 saturated carbocycles. The van der Waals surface area contributed by atoms with Crippen molar-refractivity contribution in [3.8, 4) is 11.5 Å². The van der Waals surface area contributed by atoms with Gasteiger partial charge in [0.05, 0.1) is 18.7 Å². The van der Waals surface area contributed by atoms with E-state index in [1.165, 1.54) is 0 Å². The van der Waals surface area contributed by atoms with E-state index in [0.717, 1.165) is 39.1 Å². The van der Waals surface area contributed by atoms with E-state index in [4.69, 9.17) is 26.4 Å². The largest absolute Gasteiger partial charge is 0.454 e. The van der Waals surface area contributed by atoms with Crippen molar-refractivity contribution in [2.24, 2.45) is 0 Å². The number of aromatic amines is 1. The SMILES string of the molecule is COCCNC(=S)N(Cc1ccc2c(c1)OCO2)Cc1cc2ccc(C)c(C)c2[nH]c1=O. The molecule has 0 radical (unpaired) electrons. The Morgan fingerprint density at radius 2 is 1.97 bits per heavy atom. The van der Waals surface area contributed by atoms with Gasteiger partial charge in [-0.25, -0.2) is 0 Å². The summed E-state index contributed by atoms with van der Waals surface area (Å²) in [5.74, 6) is 1.45. The fourth-order valence-electron chi connectivity index (χ4n) is 3.72. The molecular weight excluding hydrogens is 426 g/mol. The maximum Gasteiger partial charge on any atom is 0.253 e. The predicted molar refractivity (Wildman–Crippen MR) is 128 cm³/mol. The lowest BCUT2D eigenvalue weighted by Crippen LogP contribution is -2.41. The Kier molecular flexibility index (Phi) is 6.62. The minimum absolute atomic E-state index is 0.110. The monoisotopic (exact) mass is 453 g/mol. The van der Waals surface area contributed by atoms with Crippen LogP contribution in [0.15, 0.2) is 41.2 Å². The van der Waals surface area contributed by atoms with Crippen LogP contribution < -0.4 is 20.3 Å². The van der Waals surface area contributed by atoms with E-state index >= 15 is 0 Å². The molecule has 168 valence electrons. The van der Waals surface area contributed by atoms with Crippen molar-refractivity contribution in [3.63, 3.8) is 0 Å². The zero-order valence-corrected chi connectivity index (χ0v) is 19.3. The lowest BCUT2D eigenvalue weighted by atomic mass is 10.0. The van der Waals surface area contributed by atoms with Crippen LogP contribution in [0.2, 0.25) is 0 Å². The summed E-state index contributed by atoms with van der Waals surface area (Å²) in [5, 5.41) is 4.77. The number of nitrogens with zero attached hydrogens (tertiary/aromatic N) is 1. The van der Waals surface area contributed by atoms with Gasteiger partial charge in [0.15, 0.2) is 16.6 Å². The maximum atomic E-state index is 12.9. The Labute approximate surface area is 192 Å². The lowest BCUT2D eigenvalue weighted by molar-refractivity contribution is 0.174. The molecule has 0 unspecified atom stereocenters. The molecule has 0 spiro atoms. The first-order valence-corrected chi connectivity index (χ1v) is 10.9. The summed E-state index contributed by atoms with van der Waals surface area (Å²) in [4.78, 5) is 18.0. The molecule has 0 bridgehead atoms. The van der Waals surface area contributed by atoms with Crippen LogP contribution in [-0.4, -0.2) is 42.1 Å². The first-order chi connectivity index (χ1) is 15.5. The molecule has 0 aliphatic carbocycles. The smallest absolute Gasteiger partial charge is 0.253 e. The number of benzene rings is 2. The number of pyridine rings is 1. The Balaban J connectivity index is 1.62. The molecule has 2 aromatic carbocycles. The van der Waals surface area contributed by atoms with Gasteiger partial charge in [-0.05, 0) is 66.3 Å². The van der Waals surface area contributed by atoms with E-state index in [-0.39, 0.29) is 12.4 Å². The van der Waals surface area contributed by atoms with Crippen LogP contribution in [0.3, 0.4) is 0 Å². The molecule has 1 aliphatic heterocycles. The number of thiocarbonyl (C=S) groups is 1. The highest BCUT2D eigenvalue weighted by Crippen LogP contribution is 2.33. The van der Waals surface area contributed by atoms with Gasteiger partial charge in [0.1, 0.15) is 0 Å². The number of hydrogen-bond donors (Lipinski definition) is 2. The molecule has 0 saturated heterocycles. The van der Waals surface area contributed by atoms with Crippen LogP contribution in [0, 0.1) is 13.8 Å². The molecule has 0 fully saturated rings. The predicted octanol–water partition coefficient (Wildman–Crippen LogP) is 3.40. The van der Waals surface area contributed by atoms with E-state index in [1.54, 1.807) is 7.11 Å². The molecule has 1 aromatic heterocycles. The molecule has 2 heterocycles. The van der Waals surface area contributed by atoms with Crippen LogP contribution in [0.25, 0.3) is 10.9 Å². The van der Waals surface area contributed by atoms with Gasteiger partial charge in [-0.2, -0.15) is 0 Å². The summed E-state index contributed by atoms with van der Waals surface area (Å²) in [6.45, 7) is 6.29. The van der Waals surface area contributed by atoms with Crippen molar-refractivity contribution in [1.82, 2.24) is 15.2 Å². The van der Waals surface area contributed by atoms with Crippen molar-refractivity contribution in [3.05, 3.63) is 69.0 Å². The third-order valence-electron chi connectivity index (χ3n) is 5.67. The van der Waals surface area contributed by atoms with Gasteiger partial charge in [-0.3, -0.25) is 4.79 Å². The van der Waals surface area contributed by atoms with Gasteiger partial charge in [-0.1, -0.05) is 18.2 Å². The third-order valence-corrected chi connectivity index (χ3v) is 6.07. The standard InChI is InChI=1S/C24H27N3O4S/c1-15-4-6-18-11-19(23(28)26-22(18)16(15)2)13-27(24(32)25-8-9-29-3)12-17-5-7-20-21(10-17)31-14-30-20/h4-7,10-11H,8-9,12-14H2,1-3H3,(H,25,32)(H,26,28). The van der Waals surface area contributed by atoms with Crippen molar-refractivity contribution in [2.45, 2.75) is 26.9 Å². The summed E-state index contributed by atoms with van der Waals surface area (Å²) in [6, 6.07) is 11.9. The molecule has 0 atom stereocenters. The number of aryl methyl sites for hydroxylation is 2. The summed E-state index contributed by atoms with van der Waals surface area (Å²) in [6.07, 6.45) is 0. The number of rotatable bonds is 7. The van der Waals surface area contributed by atoms with E-state index in [9.17, 15) is 4.79 Å². The first kappa shape index (κ1) is 22.1. The normalized spacial score (nSPS) is 12.2. The fraction of sp³-hybridized carbons (Fsp3) is 0.333. The number of ether oxygens (including phenoxy) is 3. The number of nitrogens with one attached hydrogen (secondary N) is 2. The molecule has 7 nitrogen and oxygen atoms in total. The number of methoxy groups -OCH3 is 1. The number of aromatic nitrogens is 1. The van der Waals surface area contributed by atoms with Gasteiger partial charge < -0.3 is 29.4 Å². The van der Waals surface area contributed by atoms with Crippen LogP contribution in [0.4, 0.5) is 0 Å². The summed E-state index contributed by atoms with van der Waals surface area (Å²) in [7, 11) is 1.65. The average Bonchev–Trinajstić information content (AvgIpc) is 3.25. The second-order valence-corrected chi connectivity index (χ2v) is 8.25. The van der Waals surface area contributed by atoms with Crippen molar-refractivity contribution >= 4 is 28.2 Å². The zero-order valence-electron chi connectivity index (χ0n) is 18.5. The highest BCUT2D eigenvalue weighted by atomic mass is 32.1. The van der Waals surface area contributed by atoms with Gasteiger partial charge in [0.25, 0.3) is 5.56 Å².